The number of alkyl halides is 14. The van der Waals surface area contributed by atoms with Crippen molar-refractivity contribution in [1.82, 2.24) is 9.97 Å². The van der Waals surface area contributed by atoms with Gasteiger partial charge in [-0.15, -0.1) is 12.4 Å². The summed E-state index contributed by atoms with van der Waals surface area (Å²) in [7, 11) is 2.11. The van der Waals surface area contributed by atoms with Crippen LogP contribution in [-0.4, -0.2) is 98.0 Å². The van der Waals surface area contributed by atoms with Crippen molar-refractivity contribution in [2.75, 3.05) is 60.4 Å². The number of aromatic nitrogens is 2. The van der Waals surface area contributed by atoms with Gasteiger partial charge in [0.2, 0.25) is 0 Å². The zero-order valence-corrected chi connectivity index (χ0v) is 52.4. The van der Waals surface area contributed by atoms with E-state index in [1.54, 1.807) is 25.3 Å². The Bertz CT molecular complexity index is 3330. The Balaban J connectivity index is 0.000000381. The van der Waals surface area contributed by atoms with E-state index in [2.05, 4.69) is 47.1 Å². The maximum Gasteiger partial charge on any atom is 0.435 e. The van der Waals surface area contributed by atoms with Crippen molar-refractivity contribution in [2.45, 2.75) is 75.6 Å². The van der Waals surface area contributed by atoms with E-state index < -0.39 is 118 Å². The van der Waals surface area contributed by atoms with Gasteiger partial charge in [0, 0.05) is 85.3 Å². The number of nitrogens with one attached hydrogen (secondary N) is 1. The average Bonchev–Trinajstić information content (AvgIpc) is 0.804. The van der Waals surface area contributed by atoms with Crippen molar-refractivity contribution in [2.24, 2.45) is 0 Å². The van der Waals surface area contributed by atoms with Gasteiger partial charge in [-0.05, 0) is 142 Å². The van der Waals surface area contributed by atoms with Crippen LogP contribution in [0.3, 0.4) is 0 Å². The van der Waals surface area contributed by atoms with Gasteiger partial charge in [0.25, 0.3) is 23.0 Å². The molecule has 2 aromatic heterocycles. The van der Waals surface area contributed by atoms with E-state index >= 15 is 4.39 Å². The number of nitrogens with zero attached hydrogens (tertiary/aromatic N) is 5. The number of pyridine rings is 2. The van der Waals surface area contributed by atoms with Crippen LogP contribution in [-0.2, 0) is 16.1 Å². The van der Waals surface area contributed by atoms with Crippen LogP contribution in [0.4, 0.5) is 93.0 Å². The molecule has 11 nitrogen and oxygen atoms in total. The van der Waals surface area contributed by atoms with E-state index in [4.69, 9.17) is 39.5 Å². The van der Waals surface area contributed by atoms with Gasteiger partial charge in [0.15, 0.2) is 11.6 Å². The lowest BCUT2D eigenvalue weighted by molar-refractivity contribution is -0.349. The van der Waals surface area contributed by atoms with Crippen LogP contribution in [0.25, 0.3) is 0 Å². The first-order chi connectivity index (χ1) is 40.8. The highest BCUT2D eigenvalue weighted by molar-refractivity contribution is 9.11. The lowest BCUT2D eigenvalue weighted by Crippen LogP contribution is -2.50. The molecule has 7 rings (SSSR count). The smallest absolute Gasteiger partial charge is 0.383 e. The Kier molecular flexibility index (Phi) is 28.1. The molecular formula is C56H48Br2Cl4F16N6O5. The Morgan fingerprint density at radius 3 is 1.34 bits per heavy atom. The summed E-state index contributed by atoms with van der Waals surface area (Å²) >= 11 is 22.5. The number of amides is 3. The number of benzene rings is 4. The second-order valence-electron chi connectivity index (χ2n) is 18.4. The molecule has 3 amide bonds. The molecule has 0 saturated carbocycles. The molecule has 486 valence electrons. The van der Waals surface area contributed by atoms with Gasteiger partial charge >= 0.3 is 36.0 Å². The number of carbonyl (C=O) groups is 4. The molecule has 4 aromatic carbocycles. The zero-order valence-electron chi connectivity index (χ0n) is 46.2. The maximum absolute atomic E-state index is 15.7. The molecule has 3 heterocycles. The third-order valence-corrected chi connectivity index (χ3v) is 14.3. The first-order valence-electron chi connectivity index (χ1n) is 25.3. The van der Waals surface area contributed by atoms with E-state index in [0.29, 0.717) is 29.8 Å². The highest BCUT2D eigenvalue weighted by Crippen LogP contribution is 2.56. The molecule has 0 radical (unpaired) electrons. The van der Waals surface area contributed by atoms with E-state index in [9.17, 15) is 85.0 Å². The molecule has 33 heteroatoms. The van der Waals surface area contributed by atoms with Gasteiger partial charge in [0.1, 0.15) is 0 Å². The van der Waals surface area contributed by atoms with Crippen molar-refractivity contribution >= 4 is 125 Å². The van der Waals surface area contributed by atoms with Gasteiger partial charge in [0.05, 0.1) is 55.0 Å². The predicted octanol–water partition coefficient (Wildman–Crippen LogP) is 18.6. The summed E-state index contributed by atoms with van der Waals surface area (Å²) in [5.74, 6) is -4.77. The van der Waals surface area contributed by atoms with Crippen LogP contribution in [0.1, 0.15) is 92.1 Å². The normalized spacial score (nSPS) is 12.6. The molecule has 1 aliphatic rings. The van der Waals surface area contributed by atoms with E-state index in [0.717, 1.165) is 49.2 Å². The minimum absolute atomic E-state index is 0. The fourth-order valence-electron chi connectivity index (χ4n) is 7.89. The number of ether oxygens (including phenoxy) is 1. The molecule has 89 heavy (non-hydrogen) atoms. The highest BCUT2D eigenvalue weighted by Gasteiger charge is 2.74. The van der Waals surface area contributed by atoms with E-state index in [1.807, 2.05) is 6.92 Å². The largest absolute Gasteiger partial charge is 0.435 e. The van der Waals surface area contributed by atoms with Crippen LogP contribution < -0.4 is 20.0 Å². The molecule has 1 aliphatic heterocycles. The van der Waals surface area contributed by atoms with E-state index in [1.165, 1.54) is 67.8 Å². The Labute approximate surface area is 535 Å². The van der Waals surface area contributed by atoms with Gasteiger partial charge in [-0.3, -0.25) is 29.1 Å². The number of hydrogen-bond acceptors (Lipinski definition) is 8. The Morgan fingerprint density at radius 1 is 0.584 bits per heavy atom. The predicted molar refractivity (Wildman–Crippen MR) is 313 cm³/mol. The number of anilines is 4. The summed E-state index contributed by atoms with van der Waals surface area (Å²) < 4.78 is 221. The van der Waals surface area contributed by atoms with Gasteiger partial charge in [-0.2, -0.15) is 52.7 Å². The molecule has 1 N–H and O–H groups in total. The summed E-state index contributed by atoms with van der Waals surface area (Å²) in [6.07, 6.45) is -16.1. The van der Waals surface area contributed by atoms with Crippen LogP contribution in [0.2, 0.25) is 10.0 Å². The third kappa shape index (κ3) is 18.2. The van der Waals surface area contributed by atoms with Gasteiger partial charge < -0.3 is 24.8 Å². The summed E-state index contributed by atoms with van der Waals surface area (Å²) in [6.45, 7) is 6.03. The topological polar surface area (TPSA) is 125 Å². The second kappa shape index (κ2) is 32.3. The molecule has 0 aliphatic carbocycles. The maximum atomic E-state index is 15.7. The molecular weight excluding hydrogens is 1440 g/mol. The van der Waals surface area contributed by atoms with Crippen LogP contribution in [0, 0.1) is 11.6 Å². The van der Waals surface area contributed by atoms with Crippen LogP contribution in [0.15, 0.2) is 119 Å². The minimum Gasteiger partial charge on any atom is -0.383 e. The second-order valence-corrected chi connectivity index (χ2v) is 21.2. The van der Waals surface area contributed by atoms with E-state index in [-0.39, 0.29) is 65.8 Å². The van der Waals surface area contributed by atoms with Crippen molar-refractivity contribution in [3.05, 3.63) is 174 Å². The quantitative estimate of drug-likeness (QED) is 0.0844. The minimum atomic E-state index is -6.39. The first kappa shape index (κ1) is 77.3. The number of halogens is 22. The molecule has 0 spiro atoms. The van der Waals surface area contributed by atoms with Crippen LogP contribution in [0.5, 0.6) is 0 Å². The lowest BCUT2D eigenvalue weighted by atomic mass is 9.94. The SMILES string of the molecule is C1CCOC1.CCCN(C(=O)c1cccnc1)c1cccc(C(=O)N(C)c2c(Cl)cc(C(F)(C(F)(F)F)C(F)(F)F)cc2Br)c1F.CCCNc1cccc(C(=O)N(C)c2c(Cl)cc(C(F)(C(F)(F)F)C(F)(F)F)cc2Br)c1F.Cl.O=C(Cl)c1cccnc1. The monoisotopic (exact) mass is 1490 g/mol. The van der Waals surface area contributed by atoms with Crippen molar-refractivity contribution < 1.29 is 94.2 Å². The Morgan fingerprint density at radius 2 is 1.00 bits per heavy atom. The van der Waals surface area contributed by atoms with Crippen molar-refractivity contribution in [1.29, 1.82) is 0 Å². The molecule has 6 aromatic rings. The number of carbonyl (C=O) groups excluding carboxylic acids is 4. The fourth-order valence-corrected chi connectivity index (χ4v) is 10.4. The molecule has 1 fully saturated rings. The summed E-state index contributed by atoms with van der Waals surface area (Å²) in [5.41, 5.74) is -16.7. The standard InChI is InChI=1S/C26H19BrClF8N3O2.C20H16BrClF8N2O.C6H4ClNO.C4H8O.ClH/c1-3-10-39(22(40)14-6-5-9-37-13-14)19-8-4-7-16(20(19)29)23(41)38(2)21-17(27)11-15(12-18(21)28)24(30,25(31,32)33)26(34,35)36;1-3-7-31-14-6-4-5-11(15(14)23)17(33)32(2)16-12(21)8-10(9-13(16)22)18(24,19(25,26)27)20(28,29)30;7-6(9)5-2-1-3-8-4-5;1-2-4-5-3-1;/h4-9,11-13H,3,10H2,1-2H3;4-6,8-9,31H,3,7H2,1-2H3;1-4H;1-4H2;1H. The Hall–Kier alpha value is -5.98. The van der Waals surface area contributed by atoms with Gasteiger partial charge in [-0.25, -0.2) is 17.6 Å². The van der Waals surface area contributed by atoms with Crippen LogP contribution >= 0.6 is 79.1 Å². The lowest BCUT2D eigenvalue weighted by Gasteiger charge is -2.31. The first-order valence-corrected chi connectivity index (χ1v) is 28.0. The van der Waals surface area contributed by atoms with Gasteiger partial charge in [-0.1, -0.05) is 49.2 Å². The average molecular weight is 1490 g/mol. The third-order valence-electron chi connectivity index (χ3n) is 12.3. The summed E-state index contributed by atoms with van der Waals surface area (Å²) in [6, 6.07) is 14.4. The fraction of sp³-hybridized carbons (Fsp3) is 0.321. The molecule has 1 saturated heterocycles. The summed E-state index contributed by atoms with van der Waals surface area (Å²) in [5, 5.41) is 0.643. The molecule has 0 bridgehead atoms. The zero-order chi connectivity index (χ0) is 66.5. The van der Waals surface area contributed by atoms with Crippen molar-refractivity contribution in [3.63, 3.8) is 0 Å². The van der Waals surface area contributed by atoms with Crippen molar-refractivity contribution in [3.8, 4) is 0 Å². The summed E-state index contributed by atoms with van der Waals surface area (Å²) in [4.78, 5) is 59.6. The number of hydrogen-bond donors (Lipinski definition) is 1. The molecule has 0 unspecified atom stereocenters. The number of rotatable bonds is 14. The molecule has 0 atom stereocenters. The highest BCUT2D eigenvalue weighted by atomic mass is 79.9.